The molecule has 2 fully saturated rings. The summed E-state index contributed by atoms with van der Waals surface area (Å²) in [5.41, 5.74) is 0. The second-order valence-corrected chi connectivity index (χ2v) is 6.29. The summed E-state index contributed by atoms with van der Waals surface area (Å²) in [5, 5.41) is 13.9. The highest BCUT2D eigenvalue weighted by Crippen LogP contribution is 2.36. The molecule has 2 heterocycles. The third-order valence-electron chi connectivity index (χ3n) is 4.07. The summed E-state index contributed by atoms with van der Waals surface area (Å²) in [6.07, 6.45) is 4.90. The lowest BCUT2D eigenvalue weighted by Crippen LogP contribution is -2.36. The molecule has 5 nitrogen and oxygen atoms in total. The summed E-state index contributed by atoms with van der Waals surface area (Å²) in [7, 11) is 0. The molecule has 106 valence electrons. The molecule has 0 spiro atoms. The van der Waals surface area contributed by atoms with Crippen LogP contribution in [0.15, 0.2) is 0 Å². The molecule has 1 aliphatic heterocycles. The van der Waals surface area contributed by atoms with Gasteiger partial charge in [0.1, 0.15) is 6.61 Å². The zero-order valence-electron chi connectivity index (χ0n) is 11.5. The minimum Gasteiger partial charge on any atom is -0.388 e. The maximum Gasteiger partial charge on any atom is 0.199 e. The predicted molar refractivity (Wildman–Crippen MR) is 75.2 cm³/mol. The highest BCUT2D eigenvalue weighted by Gasteiger charge is 2.28. The Bertz CT molecular complexity index is 505. The molecule has 1 unspecified atom stereocenters. The van der Waals surface area contributed by atoms with E-state index in [4.69, 9.17) is 12.2 Å². The third kappa shape index (κ3) is 2.75. The minimum atomic E-state index is -0.0243. The number of nitrogens with zero attached hydrogens (tertiary/aromatic N) is 4. The minimum absolute atomic E-state index is 0.0243. The van der Waals surface area contributed by atoms with Gasteiger partial charge in [0.25, 0.3) is 0 Å². The molecule has 6 heteroatoms. The predicted octanol–water partition coefficient (Wildman–Crippen LogP) is 1.93. The molecule has 2 aliphatic rings. The van der Waals surface area contributed by atoms with E-state index < -0.39 is 0 Å². The maximum atomic E-state index is 9.42. The van der Waals surface area contributed by atoms with E-state index in [0.29, 0.717) is 6.04 Å². The van der Waals surface area contributed by atoms with Crippen molar-refractivity contribution in [3.05, 3.63) is 10.6 Å². The van der Waals surface area contributed by atoms with Crippen molar-refractivity contribution in [1.82, 2.24) is 19.2 Å². The van der Waals surface area contributed by atoms with E-state index >= 15 is 0 Å². The summed E-state index contributed by atoms with van der Waals surface area (Å²) in [4.78, 5) is 2.41. The lowest BCUT2D eigenvalue weighted by atomic mass is 10.0. The summed E-state index contributed by atoms with van der Waals surface area (Å²) in [6.45, 7) is 5.27. The zero-order chi connectivity index (χ0) is 13.4. The fraction of sp³-hybridized carbons (Fsp3) is 0.846. The van der Waals surface area contributed by atoms with Gasteiger partial charge in [0.15, 0.2) is 10.6 Å². The van der Waals surface area contributed by atoms with E-state index in [1.807, 2.05) is 9.25 Å². The van der Waals surface area contributed by atoms with E-state index in [2.05, 4.69) is 16.9 Å². The standard InChI is InChI=1S/C13H22N4OS/c1-10-3-2-6-15(7-10)9-16-13(19)17(11-4-5-11)12(8-18)14-16/h10-11,18H,2-9H2,1H3. The van der Waals surface area contributed by atoms with Crippen molar-refractivity contribution in [2.45, 2.75) is 51.9 Å². The first-order valence-corrected chi connectivity index (χ1v) is 7.61. The van der Waals surface area contributed by atoms with Crippen LogP contribution in [-0.4, -0.2) is 37.4 Å². The van der Waals surface area contributed by atoms with Gasteiger partial charge < -0.3 is 5.11 Å². The van der Waals surface area contributed by atoms with Gasteiger partial charge in [0.05, 0.1) is 6.67 Å². The van der Waals surface area contributed by atoms with Gasteiger partial charge in [-0.1, -0.05) is 6.92 Å². The molecule has 1 aliphatic carbocycles. The molecular weight excluding hydrogens is 260 g/mol. The van der Waals surface area contributed by atoms with Crippen LogP contribution in [0.3, 0.4) is 0 Å². The molecule has 19 heavy (non-hydrogen) atoms. The lowest BCUT2D eigenvalue weighted by Gasteiger charge is -2.30. The molecule has 1 aromatic rings. The SMILES string of the molecule is CC1CCCN(Cn2nc(CO)n(C3CC3)c2=S)C1. The first-order valence-electron chi connectivity index (χ1n) is 7.20. The van der Waals surface area contributed by atoms with Crippen molar-refractivity contribution in [1.29, 1.82) is 0 Å². The Kier molecular flexibility index (Phi) is 3.73. The van der Waals surface area contributed by atoms with Gasteiger partial charge >= 0.3 is 0 Å². The van der Waals surface area contributed by atoms with Crippen LogP contribution in [0.1, 0.15) is 44.5 Å². The normalized spacial score (nSPS) is 24.8. The third-order valence-corrected chi connectivity index (χ3v) is 4.48. The smallest absolute Gasteiger partial charge is 0.199 e. The van der Waals surface area contributed by atoms with Gasteiger partial charge in [-0.05, 0) is 50.4 Å². The molecule has 0 radical (unpaired) electrons. The quantitative estimate of drug-likeness (QED) is 0.857. The Morgan fingerprint density at radius 1 is 1.37 bits per heavy atom. The summed E-state index contributed by atoms with van der Waals surface area (Å²) >= 11 is 5.52. The number of piperidine rings is 1. The van der Waals surface area contributed by atoms with Gasteiger partial charge in [-0.3, -0.25) is 9.47 Å². The Morgan fingerprint density at radius 2 is 2.16 bits per heavy atom. The monoisotopic (exact) mass is 282 g/mol. The molecule has 3 rings (SSSR count). The van der Waals surface area contributed by atoms with Crippen LogP contribution in [0, 0.1) is 10.7 Å². The van der Waals surface area contributed by atoms with Crippen LogP contribution in [0.2, 0.25) is 0 Å². The average molecular weight is 282 g/mol. The molecule has 0 aromatic carbocycles. The Balaban J connectivity index is 1.79. The van der Waals surface area contributed by atoms with Crippen molar-refractivity contribution < 1.29 is 5.11 Å². The van der Waals surface area contributed by atoms with Crippen LogP contribution in [0.5, 0.6) is 0 Å². The number of likely N-dealkylation sites (tertiary alicyclic amines) is 1. The molecule has 0 bridgehead atoms. The van der Waals surface area contributed by atoms with Crippen LogP contribution < -0.4 is 0 Å². The Labute approximate surface area is 118 Å². The van der Waals surface area contributed by atoms with E-state index in [-0.39, 0.29) is 6.61 Å². The summed E-state index contributed by atoms with van der Waals surface area (Å²) in [5.74, 6) is 1.48. The van der Waals surface area contributed by atoms with Crippen LogP contribution in [0.25, 0.3) is 0 Å². The van der Waals surface area contributed by atoms with E-state index in [9.17, 15) is 5.11 Å². The highest BCUT2D eigenvalue weighted by molar-refractivity contribution is 7.71. The number of rotatable bonds is 4. The lowest BCUT2D eigenvalue weighted by molar-refractivity contribution is 0.137. The molecule has 1 atom stereocenters. The molecule has 1 N–H and O–H groups in total. The van der Waals surface area contributed by atoms with Crippen molar-refractivity contribution in [3.8, 4) is 0 Å². The number of aliphatic hydroxyl groups excluding tert-OH is 1. The second-order valence-electron chi connectivity index (χ2n) is 5.92. The second kappa shape index (κ2) is 5.34. The number of hydrogen-bond acceptors (Lipinski definition) is 4. The van der Waals surface area contributed by atoms with Crippen LogP contribution >= 0.6 is 12.2 Å². The first kappa shape index (κ1) is 13.3. The fourth-order valence-corrected chi connectivity index (χ4v) is 3.32. The largest absolute Gasteiger partial charge is 0.388 e. The number of hydrogen-bond donors (Lipinski definition) is 1. The van der Waals surface area contributed by atoms with Gasteiger partial charge in [0.2, 0.25) is 0 Å². The zero-order valence-corrected chi connectivity index (χ0v) is 12.3. The van der Waals surface area contributed by atoms with E-state index in [1.54, 1.807) is 0 Å². The molecule has 0 amide bonds. The van der Waals surface area contributed by atoms with Gasteiger partial charge in [-0.15, -0.1) is 0 Å². The van der Waals surface area contributed by atoms with Crippen LogP contribution in [0.4, 0.5) is 0 Å². The number of aromatic nitrogens is 3. The Morgan fingerprint density at radius 3 is 2.79 bits per heavy atom. The maximum absolute atomic E-state index is 9.42. The molecule has 1 aromatic heterocycles. The van der Waals surface area contributed by atoms with Gasteiger partial charge in [-0.2, -0.15) is 5.10 Å². The van der Waals surface area contributed by atoms with Crippen molar-refractivity contribution >= 4 is 12.2 Å². The van der Waals surface area contributed by atoms with Gasteiger partial charge in [0, 0.05) is 12.6 Å². The topological polar surface area (TPSA) is 46.2 Å². The van der Waals surface area contributed by atoms with E-state index in [1.165, 1.54) is 12.8 Å². The van der Waals surface area contributed by atoms with Gasteiger partial charge in [-0.25, -0.2) is 4.68 Å². The summed E-state index contributed by atoms with van der Waals surface area (Å²) in [6, 6.07) is 0.476. The molecule has 1 saturated carbocycles. The molecule has 1 saturated heterocycles. The Hall–Kier alpha value is -0.720. The van der Waals surface area contributed by atoms with Crippen LogP contribution in [-0.2, 0) is 13.3 Å². The van der Waals surface area contributed by atoms with Crippen molar-refractivity contribution in [2.24, 2.45) is 5.92 Å². The average Bonchev–Trinajstić information content (AvgIpc) is 3.17. The van der Waals surface area contributed by atoms with Crippen molar-refractivity contribution in [3.63, 3.8) is 0 Å². The first-order chi connectivity index (χ1) is 9.19. The fourth-order valence-electron chi connectivity index (χ4n) is 2.97. The highest BCUT2D eigenvalue weighted by atomic mass is 32.1. The number of aliphatic hydroxyl groups is 1. The molecular formula is C13H22N4OS. The van der Waals surface area contributed by atoms with Crippen molar-refractivity contribution in [2.75, 3.05) is 13.1 Å². The van der Waals surface area contributed by atoms with E-state index in [0.717, 1.165) is 49.1 Å². The summed E-state index contributed by atoms with van der Waals surface area (Å²) < 4.78 is 4.70.